The maximum Gasteiger partial charge on any atom is 0.293 e. The van der Waals surface area contributed by atoms with Gasteiger partial charge in [0.05, 0.1) is 4.75 Å². The number of nitrogens with one attached hydrogen (secondary N) is 1. The van der Waals surface area contributed by atoms with Gasteiger partial charge in [0.2, 0.25) is 0 Å². The van der Waals surface area contributed by atoms with Crippen molar-refractivity contribution in [1.29, 1.82) is 0 Å². The molecule has 0 aliphatic heterocycles. The van der Waals surface area contributed by atoms with Crippen molar-refractivity contribution in [3.05, 3.63) is 22.7 Å². The average molecular weight is 301 g/mol. The van der Waals surface area contributed by atoms with E-state index in [-0.39, 0.29) is 23.5 Å². The lowest BCUT2D eigenvalue weighted by Crippen LogP contribution is -2.41. The Morgan fingerprint density at radius 2 is 1.80 bits per heavy atom. The summed E-state index contributed by atoms with van der Waals surface area (Å²) in [6, 6.07) is 0. The molecule has 1 aromatic heterocycles. The van der Waals surface area contributed by atoms with Gasteiger partial charge < -0.3 is 9.88 Å². The van der Waals surface area contributed by atoms with Crippen molar-refractivity contribution in [2.24, 2.45) is 0 Å². The SMILES string of the molecule is CC(C)(C)n1ccnc(NCC(C)(C)S(C)(=O)=O)c1=O. The molecule has 114 valence electrons. The maximum atomic E-state index is 12.3. The molecule has 0 unspecified atom stereocenters. The zero-order chi connectivity index (χ0) is 15.8. The zero-order valence-electron chi connectivity index (χ0n) is 12.9. The molecule has 0 aliphatic rings. The lowest BCUT2D eigenvalue weighted by Gasteiger charge is -2.25. The van der Waals surface area contributed by atoms with E-state index in [2.05, 4.69) is 10.3 Å². The molecule has 6 nitrogen and oxygen atoms in total. The number of hydrogen-bond acceptors (Lipinski definition) is 5. The molecule has 0 amide bonds. The van der Waals surface area contributed by atoms with Gasteiger partial charge in [-0.05, 0) is 34.6 Å². The van der Waals surface area contributed by atoms with Crippen molar-refractivity contribution in [3.8, 4) is 0 Å². The lowest BCUT2D eigenvalue weighted by atomic mass is 10.1. The van der Waals surface area contributed by atoms with Crippen molar-refractivity contribution in [1.82, 2.24) is 9.55 Å². The van der Waals surface area contributed by atoms with Crippen molar-refractivity contribution < 1.29 is 8.42 Å². The van der Waals surface area contributed by atoms with E-state index in [1.807, 2.05) is 20.8 Å². The van der Waals surface area contributed by atoms with Gasteiger partial charge in [0.1, 0.15) is 0 Å². The van der Waals surface area contributed by atoms with Crippen LogP contribution in [-0.2, 0) is 15.4 Å². The largest absolute Gasteiger partial charge is 0.364 e. The molecular formula is C13H23N3O3S. The molecule has 0 saturated heterocycles. The summed E-state index contributed by atoms with van der Waals surface area (Å²) < 4.78 is 23.9. The molecule has 0 spiro atoms. The summed E-state index contributed by atoms with van der Waals surface area (Å²) >= 11 is 0. The Morgan fingerprint density at radius 1 is 1.25 bits per heavy atom. The normalized spacial score (nSPS) is 13.3. The van der Waals surface area contributed by atoms with E-state index in [1.54, 1.807) is 24.6 Å². The first-order chi connectivity index (χ1) is 8.86. The first kappa shape index (κ1) is 16.7. The minimum Gasteiger partial charge on any atom is -0.364 e. The third kappa shape index (κ3) is 3.59. The van der Waals surface area contributed by atoms with Gasteiger partial charge in [-0.25, -0.2) is 13.4 Å². The Labute approximate surface area is 120 Å². The molecule has 7 heteroatoms. The molecule has 0 atom stereocenters. The Bertz CT molecular complexity index is 640. The zero-order valence-corrected chi connectivity index (χ0v) is 13.7. The Balaban J connectivity index is 3.05. The lowest BCUT2D eigenvalue weighted by molar-refractivity contribution is 0.383. The van der Waals surface area contributed by atoms with Crippen molar-refractivity contribution in [3.63, 3.8) is 0 Å². The number of nitrogens with zero attached hydrogens (tertiary/aromatic N) is 2. The van der Waals surface area contributed by atoms with Crippen LogP contribution in [0.25, 0.3) is 0 Å². The van der Waals surface area contributed by atoms with Crippen LogP contribution in [-0.4, -0.2) is 35.5 Å². The van der Waals surface area contributed by atoms with Crippen molar-refractivity contribution in [2.75, 3.05) is 18.1 Å². The summed E-state index contributed by atoms with van der Waals surface area (Å²) in [5.74, 6) is 0.166. The highest BCUT2D eigenvalue weighted by atomic mass is 32.2. The summed E-state index contributed by atoms with van der Waals surface area (Å²) in [6.45, 7) is 9.10. The number of hydrogen-bond donors (Lipinski definition) is 1. The van der Waals surface area contributed by atoms with E-state index in [4.69, 9.17) is 0 Å². The van der Waals surface area contributed by atoms with Gasteiger partial charge in [0.15, 0.2) is 15.7 Å². The Morgan fingerprint density at radius 3 is 2.25 bits per heavy atom. The van der Waals surface area contributed by atoms with E-state index in [0.717, 1.165) is 0 Å². The minimum absolute atomic E-state index is 0.127. The van der Waals surface area contributed by atoms with Gasteiger partial charge in [-0.1, -0.05) is 0 Å². The first-order valence-corrected chi connectivity index (χ1v) is 8.27. The van der Waals surface area contributed by atoms with Crippen molar-refractivity contribution >= 4 is 15.7 Å². The molecule has 0 aromatic carbocycles. The number of aromatic nitrogens is 2. The second-order valence-corrected chi connectivity index (χ2v) is 9.16. The third-order valence-corrected chi connectivity index (χ3v) is 5.40. The highest BCUT2D eigenvalue weighted by Gasteiger charge is 2.30. The van der Waals surface area contributed by atoms with E-state index < -0.39 is 14.6 Å². The maximum absolute atomic E-state index is 12.3. The van der Waals surface area contributed by atoms with Crippen LogP contribution >= 0.6 is 0 Å². The van der Waals surface area contributed by atoms with Crippen LogP contribution in [0.3, 0.4) is 0 Å². The van der Waals surface area contributed by atoms with Crippen LogP contribution in [0.4, 0.5) is 5.82 Å². The standard InChI is InChI=1S/C13H23N3O3S/c1-12(2,3)16-8-7-14-10(11(16)17)15-9-13(4,5)20(6,18)19/h7-8H,9H2,1-6H3,(H,14,15). The molecule has 1 N–H and O–H groups in total. The highest BCUT2D eigenvalue weighted by molar-refractivity contribution is 7.92. The molecule has 1 heterocycles. The predicted molar refractivity (Wildman–Crippen MR) is 80.9 cm³/mol. The smallest absolute Gasteiger partial charge is 0.293 e. The Kier molecular flexibility index (Phi) is 4.34. The van der Waals surface area contributed by atoms with Crippen LogP contribution in [0.5, 0.6) is 0 Å². The van der Waals surface area contributed by atoms with Gasteiger partial charge in [-0.15, -0.1) is 0 Å². The Hall–Kier alpha value is -1.37. The summed E-state index contributed by atoms with van der Waals surface area (Å²) in [7, 11) is -3.22. The summed E-state index contributed by atoms with van der Waals surface area (Å²) in [5.41, 5.74) is -0.618. The second-order valence-electron chi connectivity index (χ2n) is 6.51. The van der Waals surface area contributed by atoms with E-state index in [1.165, 1.54) is 12.5 Å². The van der Waals surface area contributed by atoms with Gasteiger partial charge >= 0.3 is 0 Å². The highest BCUT2D eigenvalue weighted by Crippen LogP contribution is 2.15. The minimum atomic E-state index is -3.22. The molecule has 0 fully saturated rings. The molecule has 0 aliphatic carbocycles. The molecule has 1 aromatic rings. The fourth-order valence-electron chi connectivity index (χ4n) is 1.49. The van der Waals surface area contributed by atoms with E-state index >= 15 is 0 Å². The van der Waals surface area contributed by atoms with Crippen LogP contribution in [0.15, 0.2) is 17.2 Å². The van der Waals surface area contributed by atoms with Crippen LogP contribution in [0.1, 0.15) is 34.6 Å². The first-order valence-electron chi connectivity index (χ1n) is 6.38. The molecule has 0 radical (unpaired) electrons. The van der Waals surface area contributed by atoms with Gasteiger partial charge in [-0.3, -0.25) is 4.79 Å². The molecule has 1 rings (SSSR count). The van der Waals surface area contributed by atoms with Crippen LogP contribution in [0.2, 0.25) is 0 Å². The van der Waals surface area contributed by atoms with Crippen LogP contribution in [0, 0.1) is 0 Å². The number of rotatable bonds is 4. The van der Waals surface area contributed by atoms with Gasteiger partial charge in [0.25, 0.3) is 5.56 Å². The summed E-state index contributed by atoms with van der Waals surface area (Å²) in [6.07, 6.45) is 4.33. The molecule has 0 bridgehead atoms. The predicted octanol–water partition coefficient (Wildman–Crippen LogP) is 1.23. The fourth-order valence-corrected chi connectivity index (χ4v) is 1.82. The monoisotopic (exact) mass is 301 g/mol. The molecular weight excluding hydrogens is 278 g/mol. The summed E-state index contributed by atoms with van der Waals surface area (Å²) in [4.78, 5) is 16.3. The topological polar surface area (TPSA) is 81.1 Å². The summed E-state index contributed by atoms with van der Waals surface area (Å²) in [5, 5.41) is 2.85. The van der Waals surface area contributed by atoms with E-state index in [9.17, 15) is 13.2 Å². The van der Waals surface area contributed by atoms with Crippen LogP contribution < -0.4 is 10.9 Å². The number of anilines is 1. The quantitative estimate of drug-likeness (QED) is 0.904. The van der Waals surface area contributed by atoms with Crippen molar-refractivity contribution in [2.45, 2.75) is 44.9 Å². The second kappa shape index (κ2) is 5.20. The van der Waals surface area contributed by atoms with Gasteiger partial charge in [-0.2, -0.15) is 0 Å². The van der Waals surface area contributed by atoms with Gasteiger partial charge in [0, 0.05) is 30.7 Å². The molecule has 20 heavy (non-hydrogen) atoms. The third-order valence-electron chi connectivity index (χ3n) is 3.25. The average Bonchev–Trinajstić information content (AvgIpc) is 2.24. The fraction of sp³-hybridized carbons (Fsp3) is 0.692. The number of sulfone groups is 1. The molecule has 0 saturated carbocycles. The van der Waals surface area contributed by atoms with E-state index in [0.29, 0.717) is 0 Å².